The number of hydrogen-bond acceptors (Lipinski definition) is 9. The maximum Gasteiger partial charge on any atom is 0.278 e. The predicted molar refractivity (Wildman–Crippen MR) is 123 cm³/mol. The molecule has 1 fully saturated rings. The Morgan fingerprint density at radius 1 is 1.00 bits per heavy atom. The van der Waals surface area contributed by atoms with E-state index in [1.165, 1.54) is 0 Å². The molecule has 0 saturated carbocycles. The fourth-order valence-electron chi connectivity index (χ4n) is 4.74. The Balaban J connectivity index is 1.11. The number of para-hydroxylation sites is 1. The number of piperidine rings is 1. The van der Waals surface area contributed by atoms with Gasteiger partial charge in [-0.2, -0.15) is 4.98 Å². The quantitative estimate of drug-likeness (QED) is 0.494. The summed E-state index contributed by atoms with van der Waals surface area (Å²) in [5, 5.41) is 23.4. The number of ether oxygens (including phenoxy) is 1. The van der Waals surface area contributed by atoms with Crippen molar-refractivity contribution in [1.82, 2.24) is 25.3 Å². The first-order chi connectivity index (χ1) is 16.7. The van der Waals surface area contributed by atoms with Crippen LogP contribution in [0.2, 0.25) is 0 Å². The third-order valence-corrected chi connectivity index (χ3v) is 6.57. The molecule has 0 bridgehead atoms. The van der Waals surface area contributed by atoms with E-state index in [4.69, 9.17) is 9.26 Å². The van der Waals surface area contributed by atoms with Crippen LogP contribution >= 0.6 is 0 Å². The molecular formula is C25H24N6O3. The molecule has 172 valence electrons. The molecule has 1 spiro atoms. The van der Waals surface area contributed by atoms with Crippen LogP contribution in [-0.4, -0.2) is 49.1 Å². The molecule has 34 heavy (non-hydrogen) atoms. The highest BCUT2D eigenvalue weighted by Gasteiger charge is 2.43. The van der Waals surface area contributed by atoms with Gasteiger partial charge in [0.1, 0.15) is 11.4 Å². The van der Waals surface area contributed by atoms with Crippen molar-refractivity contribution in [2.75, 3.05) is 18.0 Å². The SMILES string of the molecule is OC1CC2(CCN(c3ccc(-c4nc(Cc5ccccn5)no4)nn3)CC2)Oc2ccccc21. The minimum absolute atomic E-state index is 0.339. The van der Waals surface area contributed by atoms with Crippen LogP contribution in [0.3, 0.4) is 0 Å². The van der Waals surface area contributed by atoms with Crippen LogP contribution in [0.5, 0.6) is 5.75 Å². The molecule has 1 saturated heterocycles. The molecule has 0 aliphatic carbocycles. The highest BCUT2D eigenvalue weighted by molar-refractivity contribution is 5.50. The first-order valence-electron chi connectivity index (χ1n) is 11.5. The van der Waals surface area contributed by atoms with Gasteiger partial charge in [-0.3, -0.25) is 4.98 Å². The summed E-state index contributed by atoms with van der Waals surface area (Å²) in [6.07, 6.45) is 3.97. The van der Waals surface area contributed by atoms with Crippen molar-refractivity contribution < 1.29 is 14.4 Å². The van der Waals surface area contributed by atoms with E-state index in [-0.39, 0.29) is 5.60 Å². The third-order valence-electron chi connectivity index (χ3n) is 6.57. The Labute approximate surface area is 196 Å². The van der Waals surface area contributed by atoms with Gasteiger partial charge in [0.05, 0.1) is 12.5 Å². The van der Waals surface area contributed by atoms with E-state index in [1.54, 1.807) is 6.20 Å². The van der Waals surface area contributed by atoms with Gasteiger partial charge >= 0.3 is 0 Å². The van der Waals surface area contributed by atoms with Gasteiger partial charge in [0.25, 0.3) is 5.89 Å². The van der Waals surface area contributed by atoms with E-state index in [2.05, 4.69) is 30.2 Å². The van der Waals surface area contributed by atoms with Gasteiger partial charge in [0.2, 0.25) is 0 Å². The number of fused-ring (bicyclic) bond motifs is 1. The zero-order chi connectivity index (χ0) is 23.0. The van der Waals surface area contributed by atoms with Gasteiger partial charge in [-0.25, -0.2) is 0 Å². The molecule has 1 aromatic carbocycles. The fraction of sp³-hybridized carbons (Fsp3) is 0.320. The second-order valence-corrected chi connectivity index (χ2v) is 8.82. The molecule has 0 amide bonds. The Morgan fingerprint density at radius 2 is 1.85 bits per heavy atom. The molecule has 4 aromatic rings. The van der Waals surface area contributed by atoms with Gasteiger partial charge in [-0.15, -0.1) is 10.2 Å². The van der Waals surface area contributed by atoms with Crippen LogP contribution in [0.4, 0.5) is 5.82 Å². The van der Waals surface area contributed by atoms with Gasteiger partial charge in [-0.05, 0) is 30.3 Å². The summed E-state index contributed by atoms with van der Waals surface area (Å²) in [6, 6.07) is 17.2. The van der Waals surface area contributed by atoms with Gasteiger partial charge < -0.3 is 19.3 Å². The number of hydrogen-bond donors (Lipinski definition) is 1. The summed E-state index contributed by atoms with van der Waals surface area (Å²) >= 11 is 0. The average Bonchev–Trinajstić information content (AvgIpc) is 3.34. The molecule has 3 aromatic heterocycles. The Bertz CT molecular complexity index is 1270. The summed E-state index contributed by atoms with van der Waals surface area (Å²) in [4.78, 5) is 10.9. The highest BCUT2D eigenvalue weighted by Crippen LogP contribution is 2.44. The predicted octanol–water partition coefficient (Wildman–Crippen LogP) is 3.37. The molecule has 9 heteroatoms. The van der Waals surface area contributed by atoms with Crippen LogP contribution in [0.15, 0.2) is 65.3 Å². The van der Waals surface area contributed by atoms with Crippen LogP contribution in [0.1, 0.15) is 42.4 Å². The summed E-state index contributed by atoms with van der Waals surface area (Å²) in [5.74, 6) is 2.48. The van der Waals surface area contributed by atoms with Crippen molar-refractivity contribution in [3.05, 3.63) is 77.9 Å². The molecule has 5 heterocycles. The molecule has 2 aliphatic heterocycles. The van der Waals surface area contributed by atoms with Crippen LogP contribution in [-0.2, 0) is 6.42 Å². The highest BCUT2D eigenvalue weighted by atomic mass is 16.5. The van der Waals surface area contributed by atoms with Crippen LogP contribution in [0, 0.1) is 0 Å². The first-order valence-corrected chi connectivity index (χ1v) is 11.5. The van der Waals surface area contributed by atoms with E-state index in [1.807, 2.05) is 54.6 Å². The summed E-state index contributed by atoms with van der Waals surface area (Å²) in [6.45, 7) is 1.55. The van der Waals surface area contributed by atoms with E-state index < -0.39 is 6.10 Å². The lowest BCUT2D eigenvalue weighted by atomic mass is 9.81. The van der Waals surface area contributed by atoms with E-state index in [0.29, 0.717) is 30.3 Å². The second-order valence-electron chi connectivity index (χ2n) is 8.82. The smallest absolute Gasteiger partial charge is 0.278 e. The number of pyridine rings is 1. The monoisotopic (exact) mass is 456 g/mol. The number of rotatable bonds is 4. The van der Waals surface area contributed by atoms with Gasteiger partial charge in [0.15, 0.2) is 17.3 Å². The molecule has 2 aliphatic rings. The normalized spacial score (nSPS) is 19.0. The standard InChI is InChI=1S/C25H24N6O3/c32-20-16-25(33-21-7-2-1-6-18(20)21)10-13-31(14-11-25)23-9-8-19(28-29-23)24-27-22(30-34-24)15-17-5-3-4-12-26-17/h1-9,12,20,32H,10-11,13-16H2. The lowest BCUT2D eigenvalue weighted by molar-refractivity contribution is -0.0300. The van der Waals surface area contributed by atoms with E-state index in [0.717, 1.165) is 48.8 Å². The molecule has 1 atom stereocenters. The maximum absolute atomic E-state index is 10.6. The largest absolute Gasteiger partial charge is 0.487 e. The minimum atomic E-state index is -0.493. The number of nitrogens with zero attached hydrogens (tertiary/aromatic N) is 6. The Hall–Kier alpha value is -3.85. The molecule has 6 rings (SSSR count). The first kappa shape index (κ1) is 20.7. The third kappa shape index (κ3) is 3.99. The molecule has 9 nitrogen and oxygen atoms in total. The number of aliphatic hydroxyl groups is 1. The average molecular weight is 457 g/mol. The lowest BCUT2D eigenvalue weighted by Gasteiger charge is -2.46. The van der Waals surface area contributed by atoms with Crippen molar-refractivity contribution in [2.45, 2.75) is 37.4 Å². The maximum atomic E-state index is 10.6. The number of aromatic nitrogens is 5. The van der Waals surface area contributed by atoms with Gasteiger partial charge in [0, 0.05) is 49.8 Å². The molecule has 1 unspecified atom stereocenters. The van der Waals surface area contributed by atoms with E-state index >= 15 is 0 Å². The van der Waals surface area contributed by atoms with Crippen molar-refractivity contribution in [3.63, 3.8) is 0 Å². The summed E-state index contributed by atoms with van der Waals surface area (Å²) in [7, 11) is 0. The number of aliphatic hydroxyl groups excluding tert-OH is 1. The second kappa shape index (κ2) is 8.49. The van der Waals surface area contributed by atoms with Gasteiger partial charge in [-0.1, -0.05) is 29.4 Å². The summed E-state index contributed by atoms with van der Waals surface area (Å²) in [5.41, 5.74) is 1.94. The van der Waals surface area contributed by atoms with Crippen molar-refractivity contribution in [3.8, 4) is 17.3 Å². The van der Waals surface area contributed by atoms with Crippen molar-refractivity contribution in [2.24, 2.45) is 0 Å². The fourth-order valence-corrected chi connectivity index (χ4v) is 4.74. The van der Waals surface area contributed by atoms with E-state index in [9.17, 15) is 5.11 Å². The van der Waals surface area contributed by atoms with Crippen molar-refractivity contribution in [1.29, 1.82) is 0 Å². The Morgan fingerprint density at radius 3 is 2.65 bits per heavy atom. The summed E-state index contributed by atoms with van der Waals surface area (Å²) < 4.78 is 11.8. The topological polar surface area (TPSA) is 110 Å². The lowest BCUT2D eigenvalue weighted by Crippen LogP contribution is -2.50. The number of anilines is 1. The minimum Gasteiger partial charge on any atom is -0.487 e. The Kier molecular flexibility index (Phi) is 5.18. The molecule has 0 radical (unpaired) electrons. The zero-order valence-electron chi connectivity index (χ0n) is 18.5. The zero-order valence-corrected chi connectivity index (χ0v) is 18.5. The van der Waals surface area contributed by atoms with Crippen LogP contribution in [0.25, 0.3) is 11.6 Å². The molecule has 1 N–H and O–H groups in total. The number of benzene rings is 1. The van der Waals surface area contributed by atoms with Crippen LogP contribution < -0.4 is 9.64 Å². The molecular weight excluding hydrogens is 432 g/mol. The van der Waals surface area contributed by atoms with Crippen molar-refractivity contribution >= 4 is 5.82 Å².